The minimum absolute atomic E-state index is 0.0245. The first-order valence-corrected chi connectivity index (χ1v) is 6.20. The molecule has 2 atom stereocenters. The molecule has 0 radical (unpaired) electrons. The third-order valence-electron chi connectivity index (χ3n) is 2.88. The standard InChI is InChI=1S/C13H18N2O5/c14-13(20)11-7-15-4-3-8(11)1-2-9(16)5-10(17)6-12(18)19/h3-4,7,9-10,16-17H,1-2,5-6H2,(H2,14,20)(H,18,19)/t9-,10-/m1/s1. The highest BCUT2D eigenvalue weighted by Crippen LogP contribution is 2.13. The number of carbonyl (C=O) groups excluding carboxylic acids is 1. The number of amides is 1. The monoisotopic (exact) mass is 282 g/mol. The molecule has 0 aliphatic carbocycles. The van der Waals surface area contributed by atoms with Crippen LogP contribution in [0.25, 0.3) is 0 Å². The van der Waals surface area contributed by atoms with Crippen LogP contribution in [0.1, 0.15) is 35.2 Å². The summed E-state index contributed by atoms with van der Waals surface area (Å²) in [6, 6.07) is 1.64. The van der Waals surface area contributed by atoms with E-state index >= 15 is 0 Å². The van der Waals surface area contributed by atoms with E-state index in [2.05, 4.69) is 4.98 Å². The van der Waals surface area contributed by atoms with E-state index in [1.807, 2.05) is 0 Å². The number of hydrogen-bond acceptors (Lipinski definition) is 5. The van der Waals surface area contributed by atoms with E-state index in [1.165, 1.54) is 12.4 Å². The fourth-order valence-electron chi connectivity index (χ4n) is 1.90. The van der Waals surface area contributed by atoms with Crippen LogP contribution in [0.15, 0.2) is 18.5 Å². The molecule has 1 amide bonds. The van der Waals surface area contributed by atoms with E-state index in [0.29, 0.717) is 24.0 Å². The zero-order valence-corrected chi connectivity index (χ0v) is 10.9. The van der Waals surface area contributed by atoms with Gasteiger partial charge in [0.15, 0.2) is 0 Å². The van der Waals surface area contributed by atoms with Crippen molar-refractivity contribution < 1.29 is 24.9 Å². The van der Waals surface area contributed by atoms with Gasteiger partial charge in [-0.05, 0) is 30.9 Å². The third kappa shape index (κ3) is 5.33. The Hall–Kier alpha value is -1.99. The molecule has 0 saturated heterocycles. The number of aliphatic carboxylic acids is 1. The lowest BCUT2D eigenvalue weighted by Gasteiger charge is -2.14. The molecule has 1 aromatic rings. The van der Waals surface area contributed by atoms with Gasteiger partial charge in [-0.15, -0.1) is 0 Å². The van der Waals surface area contributed by atoms with Crippen molar-refractivity contribution in [1.82, 2.24) is 4.98 Å². The van der Waals surface area contributed by atoms with Crippen molar-refractivity contribution in [3.05, 3.63) is 29.6 Å². The van der Waals surface area contributed by atoms with Crippen molar-refractivity contribution in [2.75, 3.05) is 0 Å². The molecule has 1 rings (SSSR count). The number of carboxylic acid groups (broad SMARTS) is 1. The molecule has 7 nitrogen and oxygen atoms in total. The molecule has 7 heteroatoms. The highest BCUT2D eigenvalue weighted by Gasteiger charge is 2.16. The van der Waals surface area contributed by atoms with Gasteiger partial charge in [0.1, 0.15) is 0 Å². The largest absolute Gasteiger partial charge is 0.481 e. The van der Waals surface area contributed by atoms with Crippen LogP contribution < -0.4 is 5.73 Å². The average Bonchev–Trinajstić information content (AvgIpc) is 2.35. The van der Waals surface area contributed by atoms with Gasteiger partial charge in [0.2, 0.25) is 0 Å². The fourth-order valence-corrected chi connectivity index (χ4v) is 1.90. The van der Waals surface area contributed by atoms with E-state index in [9.17, 15) is 19.8 Å². The topological polar surface area (TPSA) is 134 Å². The minimum Gasteiger partial charge on any atom is -0.481 e. The minimum atomic E-state index is -1.12. The van der Waals surface area contributed by atoms with Gasteiger partial charge in [0.05, 0.1) is 24.2 Å². The Morgan fingerprint density at radius 1 is 1.30 bits per heavy atom. The molecule has 0 spiro atoms. The van der Waals surface area contributed by atoms with Gasteiger partial charge in [0.25, 0.3) is 5.91 Å². The first-order valence-electron chi connectivity index (χ1n) is 6.20. The smallest absolute Gasteiger partial charge is 0.305 e. The van der Waals surface area contributed by atoms with Gasteiger partial charge in [-0.1, -0.05) is 0 Å². The first kappa shape index (κ1) is 16.1. The van der Waals surface area contributed by atoms with E-state index in [4.69, 9.17) is 10.8 Å². The molecule has 20 heavy (non-hydrogen) atoms. The molecular weight excluding hydrogens is 264 g/mol. The third-order valence-corrected chi connectivity index (χ3v) is 2.88. The summed E-state index contributed by atoms with van der Waals surface area (Å²) in [5.41, 5.74) is 6.17. The van der Waals surface area contributed by atoms with Gasteiger partial charge in [-0.3, -0.25) is 14.6 Å². The van der Waals surface area contributed by atoms with E-state index < -0.39 is 30.5 Å². The van der Waals surface area contributed by atoms with Crippen molar-refractivity contribution in [2.45, 2.75) is 37.9 Å². The second-order valence-electron chi connectivity index (χ2n) is 4.58. The molecule has 0 fully saturated rings. The Kier molecular flexibility index (Phi) is 6.08. The highest BCUT2D eigenvalue weighted by atomic mass is 16.4. The summed E-state index contributed by atoms with van der Waals surface area (Å²) in [5, 5.41) is 27.6. The molecule has 0 aliphatic rings. The second-order valence-corrected chi connectivity index (χ2v) is 4.58. The van der Waals surface area contributed by atoms with Crippen LogP contribution >= 0.6 is 0 Å². The molecule has 1 heterocycles. The SMILES string of the molecule is NC(=O)c1cnccc1CC[C@@H](O)C[C@@H](O)CC(=O)O. The molecule has 110 valence electrons. The summed E-state index contributed by atoms with van der Waals surface area (Å²) < 4.78 is 0. The number of carbonyl (C=O) groups is 2. The summed E-state index contributed by atoms with van der Waals surface area (Å²) in [6.07, 6.45) is 1.20. The van der Waals surface area contributed by atoms with Crippen molar-refractivity contribution >= 4 is 11.9 Å². The summed E-state index contributed by atoms with van der Waals surface area (Å²) in [4.78, 5) is 25.4. The van der Waals surface area contributed by atoms with Crippen molar-refractivity contribution in [3.63, 3.8) is 0 Å². The van der Waals surface area contributed by atoms with Crippen LogP contribution in [0.5, 0.6) is 0 Å². The maximum absolute atomic E-state index is 11.2. The van der Waals surface area contributed by atoms with Crippen molar-refractivity contribution in [1.29, 1.82) is 0 Å². The lowest BCUT2D eigenvalue weighted by atomic mass is 9.99. The Morgan fingerprint density at radius 3 is 2.60 bits per heavy atom. The number of aliphatic hydroxyl groups is 2. The predicted molar refractivity (Wildman–Crippen MR) is 70.0 cm³/mol. The number of rotatable bonds is 8. The summed E-state index contributed by atoms with van der Waals surface area (Å²) >= 11 is 0. The Morgan fingerprint density at radius 2 is 2.00 bits per heavy atom. The Labute approximate surface area is 116 Å². The van der Waals surface area contributed by atoms with Gasteiger partial charge < -0.3 is 21.1 Å². The summed E-state index contributed by atoms with van der Waals surface area (Å²) in [6.45, 7) is 0. The lowest BCUT2D eigenvalue weighted by molar-refractivity contribution is -0.139. The normalized spacial score (nSPS) is 13.7. The van der Waals surface area contributed by atoms with Crippen LogP contribution in [-0.2, 0) is 11.2 Å². The van der Waals surface area contributed by atoms with Crippen molar-refractivity contribution in [3.8, 4) is 0 Å². The molecule has 0 unspecified atom stereocenters. The van der Waals surface area contributed by atoms with Crippen LogP contribution in [0, 0.1) is 0 Å². The average molecular weight is 282 g/mol. The molecule has 0 aliphatic heterocycles. The summed E-state index contributed by atoms with van der Waals surface area (Å²) in [5.74, 6) is -1.71. The Balaban J connectivity index is 2.51. The van der Waals surface area contributed by atoms with Gasteiger partial charge in [-0.2, -0.15) is 0 Å². The van der Waals surface area contributed by atoms with E-state index in [0.717, 1.165) is 0 Å². The number of hydrogen-bond donors (Lipinski definition) is 4. The molecule has 5 N–H and O–H groups in total. The number of aromatic nitrogens is 1. The van der Waals surface area contributed by atoms with Gasteiger partial charge in [-0.25, -0.2) is 0 Å². The number of aliphatic hydroxyl groups excluding tert-OH is 2. The molecule has 1 aromatic heterocycles. The lowest BCUT2D eigenvalue weighted by Crippen LogP contribution is -2.21. The van der Waals surface area contributed by atoms with E-state index in [1.54, 1.807) is 6.07 Å². The van der Waals surface area contributed by atoms with Crippen LogP contribution in [0.2, 0.25) is 0 Å². The zero-order chi connectivity index (χ0) is 15.1. The zero-order valence-electron chi connectivity index (χ0n) is 10.9. The number of nitrogens with two attached hydrogens (primary N) is 1. The Bertz CT molecular complexity index is 478. The number of pyridine rings is 1. The van der Waals surface area contributed by atoms with Crippen LogP contribution in [0.4, 0.5) is 0 Å². The van der Waals surface area contributed by atoms with Crippen LogP contribution in [-0.4, -0.2) is 44.4 Å². The quantitative estimate of drug-likeness (QED) is 0.517. The molecular formula is C13H18N2O5. The maximum atomic E-state index is 11.2. The molecule has 0 bridgehead atoms. The molecule has 0 saturated carbocycles. The van der Waals surface area contributed by atoms with Crippen LogP contribution in [0.3, 0.4) is 0 Å². The van der Waals surface area contributed by atoms with E-state index in [-0.39, 0.29) is 6.42 Å². The maximum Gasteiger partial charge on any atom is 0.305 e. The fraction of sp³-hybridized carbons (Fsp3) is 0.462. The number of aryl methyl sites for hydroxylation is 1. The number of primary amides is 1. The van der Waals surface area contributed by atoms with Gasteiger partial charge >= 0.3 is 5.97 Å². The molecule has 0 aromatic carbocycles. The first-order chi connectivity index (χ1) is 9.40. The number of carboxylic acids is 1. The van der Waals surface area contributed by atoms with Gasteiger partial charge in [0, 0.05) is 12.4 Å². The highest BCUT2D eigenvalue weighted by molar-refractivity contribution is 5.93. The second kappa shape index (κ2) is 7.56. The predicted octanol–water partition coefficient (Wildman–Crippen LogP) is -0.300. The van der Waals surface area contributed by atoms with Crippen molar-refractivity contribution in [2.24, 2.45) is 5.73 Å². The number of nitrogens with zero attached hydrogens (tertiary/aromatic N) is 1. The summed E-state index contributed by atoms with van der Waals surface area (Å²) in [7, 11) is 0.